The number of hydrogen-bond donors (Lipinski definition) is 3. The van der Waals surface area contributed by atoms with Gasteiger partial charge in [-0.1, -0.05) is 84.9 Å². The van der Waals surface area contributed by atoms with E-state index in [0.29, 0.717) is 19.3 Å². The average molecular weight is 612 g/mol. The summed E-state index contributed by atoms with van der Waals surface area (Å²) in [4.78, 5) is 39.4. The zero-order valence-corrected chi connectivity index (χ0v) is 27.7. The van der Waals surface area contributed by atoms with E-state index in [1.54, 1.807) is 0 Å². The zero-order valence-electron chi connectivity index (χ0n) is 25.8. The number of alkyl carbamates (subject to hydrolysis) is 1. The van der Waals surface area contributed by atoms with Crippen LogP contribution in [0.4, 0.5) is 4.79 Å². The molecule has 0 fully saturated rings. The summed E-state index contributed by atoms with van der Waals surface area (Å²) in [5.74, 6) is -0.618. The molecule has 0 saturated heterocycles. The van der Waals surface area contributed by atoms with Gasteiger partial charge in [-0.15, -0.1) is 9.24 Å². The van der Waals surface area contributed by atoms with Crippen LogP contribution in [-0.2, 0) is 30.8 Å². The fourth-order valence-electron chi connectivity index (χ4n) is 3.98. The predicted molar refractivity (Wildman–Crippen MR) is 168 cm³/mol. The van der Waals surface area contributed by atoms with Crippen molar-refractivity contribution in [2.24, 2.45) is 17.8 Å². The normalized spacial score (nSPS) is 15.3. The van der Waals surface area contributed by atoms with Gasteiger partial charge in [0.15, 0.2) is 9.84 Å². The lowest BCUT2D eigenvalue weighted by Crippen LogP contribution is -2.55. The molecule has 9 nitrogen and oxygen atoms in total. The summed E-state index contributed by atoms with van der Waals surface area (Å²) in [6.45, 7) is 14.0. The van der Waals surface area contributed by atoms with E-state index in [0.717, 1.165) is 17.2 Å². The largest absolute Gasteiger partial charge is 0.445 e. The first-order chi connectivity index (χ1) is 18.9. The standard InChI is InChI=1S/C30H50N3O6PS/c1-20(2)16-25(27(34)31-24(14-15-41(8,37)38)18-22(5)30(6,7)40)32-28(35)26(17-21(3)4)33-29(36)39-19-23-12-10-9-11-13-23/h9-15,20-22,24-26H,16-19,40H2,1-8H3,(H,31,34)(H,32,35)(H,33,36)/b15-14+/t22?,24-,25+,26+/m1/s1. The highest BCUT2D eigenvalue weighted by atomic mass is 32.2. The first-order valence-electron chi connectivity index (χ1n) is 14.1. The van der Waals surface area contributed by atoms with Gasteiger partial charge >= 0.3 is 6.09 Å². The maximum absolute atomic E-state index is 13.5. The quantitative estimate of drug-likeness (QED) is 0.235. The Kier molecular flexibility index (Phi) is 15.0. The van der Waals surface area contributed by atoms with E-state index in [2.05, 4.69) is 39.0 Å². The minimum absolute atomic E-state index is 0.0644. The average Bonchev–Trinajstić information content (AvgIpc) is 2.84. The minimum atomic E-state index is -3.40. The number of nitrogens with one attached hydrogen (secondary N) is 3. The molecule has 0 aromatic heterocycles. The maximum atomic E-state index is 13.5. The van der Waals surface area contributed by atoms with E-state index in [4.69, 9.17) is 4.74 Å². The Bertz CT molecular complexity index is 1120. The van der Waals surface area contributed by atoms with E-state index < -0.39 is 45.9 Å². The van der Waals surface area contributed by atoms with E-state index in [1.165, 1.54) is 6.08 Å². The smallest absolute Gasteiger partial charge is 0.408 e. The summed E-state index contributed by atoms with van der Waals surface area (Å²) in [5.41, 5.74) is 0.819. The number of sulfone groups is 1. The number of carbonyl (C=O) groups is 3. The molecule has 11 heteroatoms. The Balaban J connectivity index is 3.06. The molecule has 0 saturated carbocycles. The van der Waals surface area contributed by atoms with Gasteiger partial charge in [-0.25, -0.2) is 13.2 Å². The molecule has 41 heavy (non-hydrogen) atoms. The molecule has 0 aliphatic carbocycles. The summed E-state index contributed by atoms with van der Waals surface area (Å²) in [6.07, 6.45) is 3.07. The summed E-state index contributed by atoms with van der Waals surface area (Å²) in [7, 11) is -0.619. The van der Waals surface area contributed by atoms with Crippen LogP contribution in [0.1, 0.15) is 73.3 Å². The van der Waals surface area contributed by atoms with Crippen LogP contribution in [0.2, 0.25) is 0 Å². The van der Waals surface area contributed by atoms with Crippen molar-refractivity contribution in [2.75, 3.05) is 6.26 Å². The van der Waals surface area contributed by atoms with Gasteiger partial charge in [0.05, 0.1) is 0 Å². The lowest BCUT2D eigenvalue weighted by Gasteiger charge is -2.31. The van der Waals surface area contributed by atoms with Crippen LogP contribution < -0.4 is 16.0 Å². The highest BCUT2D eigenvalue weighted by Crippen LogP contribution is 2.30. The highest BCUT2D eigenvalue weighted by Gasteiger charge is 2.30. The summed E-state index contributed by atoms with van der Waals surface area (Å²) in [6, 6.07) is 6.87. The van der Waals surface area contributed by atoms with Gasteiger partial charge in [0.2, 0.25) is 11.8 Å². The molecule has 2 unspecified atom stereocenters. The Morgan fingerprint density at radius 2 is 1.39 bits per heavy atom. The lowest BCUT2D eigenvalue weighted by molar-refractivity contribution is -0.130. The van der Waals surface area contributed by atoms with Gasteiger partial charge in [0.1, 0.15) is 18.7 Å². The molecule has 232 valence electrons. The molecule has 3 N–H and O–H groups in total. The first kappa shape index (κ1) is 36.6. The van der Waals surface area contributed by atoms with E-state index in [-0.39, 0.29) is 29.5 Å². The lowest BCUT2D eigenvalue weighted by atomic mass is 9.90. The number of ether oxygens (including phenoxy) is 1. The molecule has 3 amide bonds. The Labute approximate surface area is 249 Å². The molecule has 1 rings (SSSR count). The maximum Gasteiger partial charge on any atom is 0.408 e. The molecule has 0 bridgehead atoms. The number of carbonyl (C=O) groups excluding carboxylic acids is 3. The van der Waals surface area contributed by atoms with Gasteiger partial charge < -0.3 is 20.7 Å². The monoisotopic (exact) mass is 611 g/mol. The zero-order chi connectivity index (χ0) is 31.4. The van der Waals surface area contributed by atoms with Crippen LogP contribution >= 0.6 is 9.24 Å². The van der Waals surface area contributed by atoms with Crippen LogP contribution in [-0.4, -0.2) is 55.9 Å². The third-order valence-electron chi connectivity index (χ3n) is 6.63. The number of rotatable bonds is 16. The van der Waals surface area contributed by atoms with Crippen molar-refractivity contribution >= 4 is 37.0 Å². The second kappa shape index (κ2) is 16.9. The van der Waals surface area contributed by atoms with Crippen LogP contribution in [0.15, 0.2) is 41.8 Å². The third kappa shape index (κ3) is 15.9. The van der Waals surface area contributed by atoms with Gasteiger partial charge in [-0.3, -0.25) is 9.59 Å². The first-order valence-corrected chi connectivity index (χ1v) is 16.7. The molecular weight excluding hydrogens is 561 g/mol. The molecule has 0 aliphatic rings. The second-order valence-electron chi connectivity index (χ2n) is 12.3. The summed E-state index contributed by atoms with van der Waals surface area (Å²) in [5, 5.41) is 9.37. The van der Waals surface area contributed by atoms with E-state index in [1.807, 2.05) is 65.0 Å². The molecule has 0 spiro atoms. The van der Waals surface area contributed by atoms with Gasteiger partial charge in [-0.2, -0.15) is 0 Å². The number of benzene rings is 1. The third-order valence-corrected chi connectivity index (χ3v) is 7.85. The molecule has 0 aliphatic heterocycles. The molecule has 5 atom stereocenters. The van der Waals surface area contributed by atoms with E-state index in [9.17, 15) is 22.8 Å². The van der Waals surface area contributed by atoms with Crippen LogP contribution in [0.5, 0.6) is 0 Å². The van der Waals surface area contributed by atoms with Gasteiger partial charge in [0, 0.05) is 17.7 Å². The van der Waals surface area contributed by atoms with Crippen molar-refractivity contribution in [1.29, 1.82) is 0 Å². The minimum Gasteiger partial charge on any atom is -0.445 e. The van der Waals surface area contributed by atoms with Crippen molar-refractivity contribution in [3.8, 4) is 0 Å². The van der Waals surface area contributed by atoms with Crippen LogP contribution in [0.25, 0.3) is 0 Å². The fourth-order valence-corrected chi connectivity index (χ4v) is 4.59. The Morgan fingerprint density at radius 3 is 1.88 bits per heavy atom. The number of hydrogen-bond acceptors (Lipinski definition) is 6. The Hall–Kier alpha value is -2.45. The van der Waals surface area contributed by atoms with Crippen molar-refractivity contribution in [3.63, 3.8) is 0 Å². The molecule has 0 heterocycles. The van der Waals surface area contributed by atoms with Crippen molar-refractivity contribution in [3.05, 3.63) is 47.4 Å². The SMILES string of the molecule is CC(C)C[C@H](NC(=O)OCc1ccccc1)C(=O)N[C@@H](CC(C)C)C(=O)N[C@H](/C=C/S(C)(=O)=O)CC(C)C(C)(C)P. The van der Waals surface area contributed by atoms with Crippen molar-refractivity contribution in [1.82, 2.24) is 16.0 Å². The fraction of sp³-hybridized carbons (Fsp3) is 0.633. The summed E-state index contributed by atoms with van der Waals surface area (Å²) < 4.78 is 28.9. The van der Waals surface area contributed by atoms with Gasteiger partial charge in [-0.05, 0) is 47.7 Å². The topological polar surface area (TPSA) is 131 Å². The van der Waals surface area contributed by atoms with Gasteiger partial charge in [0.25, 0.3) is 0 Å². The van der Waals surface area contributed by atoms with E-state index >= 15 is 0 Å². The van der Waals surface area contributed by atoms with Crippen molar-refractivity contribution in [2.45, 2.75) is 97.6 Å². The summed E-state index contributed by atoms with van der Waals surface area (Å²) >= 11 is 0. The molecular formula is C30H50N3O6PS. The highest BCUT2D eigenvalue weighted by molar-refractivity contribution is 7.93. The van der Waals surface area contributed by atoms with Crippen molar-refractivity contribution < 1.29 is 27.5 Å². The molecule has 1 aromatic rings. The molecule has 1 aromatic carbocycles. The number of amides is 3. The second-order valence-corrected chi connectivity index (χ2v) is 15.7. The predicted octanol–water partition coefficient (Wildman–Crippen LogP) is 4.58. The van der Waals surface area contributed by atoms with Crippen LogP contribution in [0, 0.1) is 17.8 Å². The van der Waals surface area contributed by atoms with Crippen LogP contribution in [0.3, 0.4) is 0 Å². The Morgan fingerprint density at radius 1 is 0.878 bits per heavy atom. The molecule has 0 radical (unpaired) electrons.